The Morgan fingerprint density at radius 3 is 2.27 bits per heavy atom. The number of rotatable bonds is 19. The molecule has 0 radical (unpaired) electrons. The zero-order valence-corrected chi connectivity index (χ0v) is 42.3. The minimum atomic E-state index is -1.94. The smallest absolute Gasteiger partial charge is 0.412 e. The van der Waals surface area contributed by atoms with Crippen molar-refractivity contribution >= 4 is 52.1 Å². The number of nitrogens with one attached hydrogen (secondary N) is 1. The number of nitrogens with zero attached hydrogens (tertiary/aromatic N) is 4. The number of hydrogen-bond acceptors (Lipinski definition) is 14. The van der Waals surface area contributed by atoms with Crippen molar-refractivity contribution in [2.75, 3.05) is 39.5 Å². The van der Waals surface area contributed by atoms with Gasteiger partial charge in [-0.25, -0.2) is 19.4 Å². The van der Waals surface area contributed by atoms with Gasteiger partial charge in [-0.15, -0.1) is 0 Å². The number of pyridine rings is 2. The summed E-state index contributed by atoms with van der Waals surface area (Å²) in [6.07, 6.45) is 4.09. The number of halogens is 1. The molecule has 4 aromatic carbocycles. The average molecular weight is 1040 g/mol. The number of hydrogen-bond donors (Lipinski definition) is 2. The molecule has 6 aromatic rings. The summed E-state index contributed by atoms with van der Waals surface area (Å²) in [5.41, 5.74) is 2.83. The minimum Gasteiger partial charge on any atom is -0.458 e. The third-order valence-electron chi connectivity index (χ3n) is 14.4. The summed E-state index contributed by atoms with van der Waals surface area (Å²) in [6, 6.07) is 26.5. The van der Waals surface area contributed by atoms with Crippen LogP contribution in [0.4, 0.5) is 10.5 Å². The number of aromatic nitrogens is 2. The van der Waals surface area contributed by atoms with Crippen LogP contribution in [0.1, 0.15) is 96.1 Å². The molecule has 2 aliphatic heterocycles. The molecule has 0 spiro atoms. The lowest BCUT2D eigenvalue weighted by atomic mass is 9.68. The van der Waals surface area contributed by atoms with Crippen LogP contribution in [0.5, 0.6) is 11.5 Å². The van der Waals surface area contributed by atoms with Crippen LogP contribution in [0.15, 0.2) is 102 Å². The van der Waals surface area contributed by atoms with Crippen molar-refractivity contribution in [2.24, 2.45) is 0 Å². The second kappa shape index (κ2) is 22.5. The number of nitro groups is 1. The highest BCUT2D eigenvalue weighted by atomic mass is 35.5. The van der Waals surface area contributed by atoms with Crippen molar-refractivity contribution in [2.45, 2.75) is 89.5 Å². The van der Waals surface area contributed by atoms with Gasteiger partial charge in [0, 0.05) is 53.3 Å². The number of aryl methyl sites for hydroxylation is 1. The van der Waals surface area contributed by atoms with E-state index in [0.29, 0.717) is 52.5 Å². The maximum absolute atomic E-state index is 14.9. The molecule has 9 rings (SSSR count). The molecule has 0 saturated heterocycles. The molecule has 3 aliphatic rings. The SMILES string of the molecule is CCc1c2c(nc3ccc(OC(=O)c4ccc(CN(CCOCCOCCNC(=O)Oc5ccc([N+](=O)[O-])cc5)C(=O)C5(c6ccc(Cl)cc6)CCCCC5)cc4)cc13)-c1cc3c(c(=O)n1C2)COC(=O)[C@@]3(O)CC. The maximum atomic E-state index is 14.9. The van der Waals surface area contributed by atoms with Crippen LogP contribution in [-0.4, -0.2) is 87.9 Å². The van der Waals surface area contributed by atoms with Crippen molar-refractivity contribution in [1.29, 1.82) is 0 Å². The van der Waals surface area contributed by atoms with E-state index < -0.39 is 34.0 Å². The summed E-state index contributed by atoms with van der Waals surface area (Å²) in [5.74, 6) is -0.922. The van der Waals surface area contributed by atoms with Crippen LogP contribution in [-0.2, 0) is 60.9 Å². The first-order valence-corrected chi connectivity index (χ1v) is 25.5. The lowest BCUT2D eigenvalue weighted by molar-refractivity contribution is -0.384. The summed E-state index contributed by atoms with van der Waals surface area (Å²) in [5, 5.41) is 26.1. The van der Waals surface area contributed by atoms with E-state index in [0.717, 1.165) is 46.9 Å². The maximum Gasteiger partial charge on any atom is 0.412 e. The Morgan fingerprint density at radius 1 is 0.867 bits per heavy atom. The Morgan fingerprint density at radius 2 is 1.57 bits per heavy atom. The molecule has 19 heteroatoms. The van der Waals surface area contributed by atoms with Crippen molar-refractivity contribution in [3.05, 3.63) is 161 Å². The number of carbonyl (C=O) groups excluding carboxylic acids is 4. The molecule has 2 amide bonds. The minimum absolute atomic E-state index is 0.0211. The Labute approximate surface area is 436 Å². The van der Waals surface area contributed by atoms with E-state index in [9.17, 15) is 39.2 Å². The summed E-state index contributed by atoms with van der Waals surface area (Å²) in [6.45, 7) is 5.20. The standard InChI is InChI=1S/C56H56ClN5O13/c1-3-42-43-30-41(20-21-47(43)59-49-44(42)33-61-48(49)31-46-45(50(61)63)34-73-53(66)56(46,68)4-2)74-51(64)36-10-8-35(9-11-36)32-60(52(65)55(22-6-5-7-23-55)37-12-14-38(57)15-13-37)25-27-72-29-28-71-26-24-58-54(67)75-40-18-16-39(17-19-40)62(69)70/h8-21,30-31,68H,3-7,22-29,32-34H2,1-2H3,(H,58,67)/t56-/m1/s1. The number of cyclic esters (lactones) is 1. The van der Waals surface area contributed by atoms with Gasteiger partial charge in [-0.3, -0.25) is 19.7 Å². The highest BCUT2D eigenvalue weighted by Crippen LogP contribution is 2.43. The molecule has 1 atom stereocenters. The molecule has 1 saturated carbocycles. The third kappa shape index (κ3) is 10.9. The summed E-state index contributed by atoms with van der Waals surface area (Å²) in [4.78, 5) is 84.4. The number of fused-ring (bicyclic) bond motifs is 5. The fraction of sp³-hybridized carbons (Fsp3) is 0.357. The van der Waals surface area contributed by atoms with Gasteiger partial charge in [0.05, 0.1) is 71.3 Å². The van der Waals surface area contributed by atoms with Crippen LogP contribution >= 0.6 is 11.6 Å². The predicted molar refractivity (Wildman–Crippen MR) is 276 cm³/mol. The largest absolute Gasteiger partial charge is 0.458 e. The van der Waals surface area contributed by atoms with E-state index in [4.69, 9.17) is 40.3 Å². The zero-order valence-electron chi connectivity index (χ0n) is 41.6. The summed E-state index contributed by atoms with van der Waals surface area (Å²) >= 11 is 6.30. The highest BCUT2D eigenvalue weighted by Gasteiger charge is 2.46. The molecular weight excluding hydrogens is 986 g/mol. The van der Waals surface area contributed by atoms with Crippen molar-refractivity contribution in [1.82, 2.24) is 19.8 Å². The molecule has 18 nitrogen and oxygen atoms in total. The Kier molecular flexibility index (Phi) is 15.7. The zero-order chi connectivity index (χ0) is 52.9. The Bertz CT molecular complexity index is 3210. The number of esters is 2. The van der Waals surface area contributed by atoms with Gasteiger partial charge < -0.3 is 43.6 Å². The second-order valence-corrected chi connectivity index (χ2v) is 19.2. The monoisotopic (exact) mass is 1040 g/mol. The molecule has 390 valence electrons. The lowest BCUT2D eigenvalue weighted by Gasteiger charge is -2.40. The number of nitro benzene ring substituents is 1. The molecule has 75 heavy (non-hydrogen) atoms. The Balaban J connectivity index is 0.846. The molecule has 0 unspecified atom stereocenters. The van der Waals surface area contributed by atoms with Gasteiger partial charge in [-0.2, -0.15) is 0 Å². The van der Waals surface area contributed by atoms with Gasteiger partial charge in [0.1, 0.15) is 18.1 Å². The molecule has 2 aromatic heterocycles. The van der Waals surface area contributed by atoms with Gasteiger partial charge in [0.2, 0.25) is 5.91 Å². The normalized spacial score (nSPS) is 16.3. The number of carbonyl (C=O) groups is 4. The van der Waals surface area contributed by atoms with Crippen LogP contribution < -0.4 is 20.3 Å². The van der Waals surface area contributed by atoms with Gasteiger partial charge in [0.25, 0.3) is 11.2 Å². The van der Waals surface area contributed by atoms with Gasteiger partial charge in [0.15, 0.2) is 5.60 Å². The van der Waals surface area contributed by atoms with E-state index in [1.54, 1.807) is 60.0 Å². The van der Waals surface area contributed by atoms with E-state index in [-0.39, 0.29) is 99.7 Å². The van der Waals surface area contributed by atoms with Crippen LogP contribution in [0.3, 0.4) is 0 Å². The summed E-state index contributed by atoms with van der Waals surface area (Å²) < 4.78 is 29.5. The van der Waals surface area contributed by atoms with Crippen molar-refractivity contribution in [3.63, 3.8) is 0 Å². The van der Waals surface area contributed by atoms with E-state index in [1.807, 2.05) is 36.1 Å². The molecule has 1 aliphatic carbocycles. The topological polar surface area (TPSA) is 228 Å². The van der Waals surface area contributed by atoms with Gasteiger partial charge in [-0.05, 0) is 103 Å². The van der Waals surface area contributed by atoms with Crippen LogP contribution in [0, 0.1) is 10.1 Å². The third-order valence-corrected chi connectivity index (χ3v) is 14.6. The molecule has 2 N–H and O–H groups in total. The molecule has 4 heterocycles. The predicted octanol–water partition coefficient (Wildman–Crippen LogP) is 8.48. The van der Waals surface area contributed by atoms with E-state index in [2.05, 4.69) is 5.32 Å². The molecular formula is C56H56ClN5O13. The first kappa shape index (κ1) is 52.4. The fourth-order valence-electron chi connectivity index (χ4n) is 10.3. The number of aliphatic hydroxyl groups is 1. The number of benzene rings is 4. The molecule has 0 bridgehead atoms. The van der Waals surface area contributed by atoms with E-state index in [1.165, 1.54) is 24.3 Å². The Hall–Kier alpha value is -7.51. The van der Waals surface area contributed by atoms with Gasteiger partial charge >= 0.3 is 18.0 Å². The average Bonchev–Trinajstić information content (AvgIpc) is 3.79. The molecule has 1 fully saturated rings. The first-order chi connectivity index (χ1) is 36.2. The number of amides is 2. The van der Waals surface area contributed by atoms with Crippen molar-refractivity contribution < 1.29 is 52.9 Å². The summed E-state index contributed by atoms with van der Waals surface area (Å²) in [7, 11) is 0. The second-order valence-electron chi connectivity index (χ2n) is 18.8. The van der Waals surface area contributed by atoms with E-state index >= 15 is 0 Å². The first-order valence-electron chi connectivity index (χ1n) is 25.1. The lowest BCUT2D eigenvalue weighted by Crippen LogP contribution is -2.48. The van der Waals surface area contributed by atoms with Gasteiger partial charge in [-0.1, -0.05) is 69.0 Å². The number of ether oxygens (including phenoxy) is 5. The van der Waals surface area contributed by atoms with Crippen molar-refractivity contribution in [3.8, 4) is 22.9 Å². The van der Waals surface area contributed by atoms with Crippen LogP contribution in [0.2, 0.25) is 5.02 Å². The fourth-order valence-corrected chi connectivity index (χ4v) is 10.5. The quantitative estimate of drug-likeness (QED) is 0.0255. The van der Waals surface area contributed by atoms with Crippen LogP contribution in [0.25, 0.3) is 22.3 Å². The highest BCUT2D eigenvalue weighted by molar-refractivity contribution is 6.30. The number of non-ortho nitro benzene ring substituents is 1.